The Hall–Kier alpha value is -1.23. The van der Waals surface area contributed by atoms with Crippen molar-refractivity contribution in [2.45, 2.75) is 33.4 Å². The van der Waals surface area contributed by atoms with Crippen LogP contribution in [0.5, 0.6) is 11.5 Å². The average Bonchev–Trinajstić information content (AvgIpc) is 2.59. The fourth-order valence-corrected chi connectivity index (χ4v) is 3.08. The fraction of sp³-hybridized carbons (Fsp3) is 0.400. The molecule has 2 rings (SSSR count). The lowest BCUT2D eigenvalue weighted by Gasteiger charge is -2.18. The van der Waals surface area contributed by atoms with Crippen LogP contribution in [0.4, 0.5) is 0 Å². The summed E-state index contributed by atoms with van der Waals surface area (Å²) in [4.78, 5) is 0. The van der Waals surface area contributed by atoms with Gasteiger partial charge in [0.05, 0.1) is 7.11 Å². The van der Waals surface area contributed by atoms with Crippen LogP contribution in [-0.4, -0.2) is 13.7 Å². The molecular weight excluding hydrogens is 402 g/mol. The third kappa shape index (κ3) is 5.91. The van der Waals surface area contributed by atoms with Crippen molar-refractivity contribution in [3.8, 4) is 11.5 Å². The standard InChI is InChI=1S/C20H25BrClNO2/c1-14(2)10-11-23-12-16-17(21)8-9-19(24-3)20(16)25-13-15-6-4-5-7-18(15)22/h4-9,14,23H,10-13H2,1-3H3. The number of hydrogen-bond acceptors (Lipinski definition) is 3. The average molecular weight is 427 g/mol. The largest absolute Gasteiger partial charge is 0.493 e. The van der Waals surface area contributed by atoms with E-state index in [2.05, 4.69) is 35.1 Å². The van der Waals surface area contributed by atoms with Gasteiger partial charge in [0.15, 0.2) is 11.5 Å². The molecule has 3 nitrogen and oxygen atoms in total. The Labute approximate surface area is 163 Å². The van der Waals surface area contributed by atoms with Gasteiger partial charge in [-0.2, -0.15) is 0 Å². The first kappa shape index (κ1) is 20.1. The normalized spacial score (nSPS) is 11.0. The van der Waals surface area contributed by atoms with E-state index in [4.69, 9.17) is 21.1 Å². The van der Waals surface area contributed by atoms with Crippen LogP contribution in [0, 0.1) is 5.92 Å². The van der Waals surface area contributed by atoms with Crippen molar-refractivity contribution >= 4 is 27.5 Å². The zero-order valence-electron chi connectivity index (χ0n) is 14.9. The highest BCUT2D eigenvalue weighted by Gasteiger charge is 2.15. The summed E-state index contributed by atoms with van der Waals surface area (Å²) in [5, 5.41) is 4.19. The van der Waals surface area contributed by atoms with E-state index < -0.39 is 0 Å². The summed E-state index contributed by atoms with van der Waals surface area (Å²) < 4.78 is 12.6. The summed E-state index contributed by atoms with van der Waals surface area (Å²) in [5.74, 6) is 2.14. The van der Waals surface area contributed by atoms with E-state index in [1.54, 1.807) is 7.11 Å². The maximum Gasteiger partial charge on any atom is 0.167 e. The minimum atomic E-state index is 0.394. The second-order valence-corrected chi connectivity index (χ2v) is 7.56. The zero-order chi connectivity index (χ0) is 18.2. The zero-order valence-corrected chi connectivity index (χ0v) is 17.3. The third-order valence-corrected chi connectivity index (χ3v) is 5.03. The Morgan fingerprint density at radius 2 is 1.92 bits per heavy atom. The predicted molar refractivity (Wildman–Crippen MR) is 108 cm³/mol. The minimum absolute atomic E-state index is 0.394. The van der Waals surface area contributed by atoms with Gasteiger partial charge in [-0.05, 0) is 37.1 Å². The number of halogens is 2. The van der Waals surface area contributed by atoms with Gasteiger partial charge in [-0.1, -0.05) is 59.6 Å². The Morgan fingerprint density at radius 1 is 1.16 bits per heavy atom. The molecule has 0 fully saturated rings. The van der Waals surface area contributed by atoms with Crippen LogP contribution in [0.3, 0.4) is 0 Å². The van der Waals surface area contributed by atoms with Gasteiger partial charge in [-0.3, -0.25) is 0 Å². The van der Waals surface area contributed by atoms with Crippen molar-refractivity contribution in [3.63, 3.8) is 0 Å². The van der Waals surface area contributed by atoms with Crippen molar-refractivity contribution in [1.82, 2.24) is 5.32 Å². The van der Waals surface area contributed by atoms with Crippen LogP contribution >= 0.6 is 27.5 Å². The Morgan fingerprint density at radius 3 is 2.60 bits per heavy atom. The van der Waals surface area contributed by atoms with E-state index >= 15 is 0 Å². The topological polar surface area (TPSA) is 30.5 Å². The van der Waals surface area contributed by atoms with Gasteiger partial charge in [-0.15, -0.1) is 0 Å². The van der Waals surface area contributed by atoms with Crippen molar-refractivity contribution in [2.24, 2.45) is 5.92 Å². The number of benzene rings is 2. The highest BCUT2D eigenvalue weighted by atomic mass is 79.9. The molecule has 0 atom stereocenters. The maximum absolute atomic E-state index is 6.23. The number of hydrogen-bond donors (Lipinski definition) is 1. The molecule has 0 bridgehead atoms. The molecule has 136 valence electrons. The SMILES string of the molecule is COc1ccc(Br)c(CNCCC(C)C)c1OCc1ccccc1Cl. The molecule has 0 aromatic heterocycles. The molecule has 25 heavy (non-hydrogen) atoms. The van der Waals surface area contributed by atoms with Gasteiger partial charge in [0.25, 0.3) is 0 Å². The maximum atomic E-state index is 6.23. The van der Waals surface area contributed by atoms with Crippen LogP contribution < -0.4 is 14.8 Å². The van der Waals surface area contributed by atoms with E-state index in [0.29, 0.717) is 24.1 Å². The number of rotatable bonds is 9. The third-order valence-electron chi connectivity index (χ3n) is 3.92. The lowest BCUT2D eigenvalue weighted by Crippen LogP contribution is -2.17. The summed E-state index contributed by atoms with van der Waals surface area (Å²) in [6.07, 6.45) is 1.14. The van der Waals surface area contributed by atoms with Crippen LogP contribution in [0.15, 0.2) is 40.9 Å². The quantitative estimate of drug-likeness (QED) is 0.512. The van der Waals surface area contributed by atoms with E-state index in [0.717, 1.165) is 40.1 Å². The molecule has 0 heterocycles. The molecule has 1 N–H and O–H groups in total. The van der Waals surface area contributed by atoms with Gasteiger partial charge < -0.3 is 14.8 Å². The monoisotopic (exact) mass is 425 g/mol. The molecular formula is C20H25BrClNO2. The lowest BCUT2D eigenvalue weighted by atomic mass is 10.1. The van der Waals surface area contributed by atoms with Crippen molar-refractivity contribution in [3.05, 3.63) is 57.0 Å². The predicted octanol–water partition coefficient (Wildman–Crippen LogP) is 5.83. The second kappa shape index (κ2) is 10.0. The number of nitrogens with one attached hydrogen (secondary N) is 1. The molecule has 2 aromatic carbocycles. The van der Waals surface area contributed by atoms with E-state index in [1.165, 1.54) is 0 Å². The molecule has 0 spiro atoms. The molecule has 0 aliphatic heterocycles. The first-order chi connectivity index (χ1) is 12.0. The summed E-state index contributed by atoms with van der Waals surface area (Å²) in [7, 11) is 1.65. The molecule has 0 unspecified atom stereocenters. The van der Waals surface area contributed by atoms with E-state index in [-0.39, 0.29) is 0 Å². The Balaban J connectivity index is 2.16. The van der Waals surface area contributed by atoms with Gasteiger partial charge in [-0.25, -0.2) is 0 Å². The fourth-order valence-electron chi connectivity index (χ4n) is 2.44. The lowest BCUT2D eigenvalue weighted by molar-refractivity contribution is 0.280. The molecule has 0 amide bonds. The van der Waals surface area contributed by atoms with E-state index in [9.17, 15) is 0 Å². The Kier molecular flexibility index (Phi) is 8.07. The molecule has 0 aliphatic rings. The highest BCUT2D eigenvalue weighted by Crippen LogP contribution is 2.37. The van der Waals surface area contributed by atoms with Crippen molar-refractivity contribution < 1.29 is 9.47 Å². The number of methoxy groups -OCH3 is 1. The number of ether oxygens (including phenoxy) is 2. The highest BCUT2D eigenvalue weighted by molar-refractivity contribution is 9.10. The van der Waals surface area contributed by atoms with Crippen LogP contribution in [-0.2, 0) is 13.2 Å². The smallest absolute Gasteiger partial charge is 0.167 e. The van der Waals surface area contributed by atoms with Gasteiger partial charge in [0.2, 0.25) is 0 Å². The summed E-state index contributed by atoms with van der Waals surface area (Å²) in [5.41, 5.74) is 2.00. The van der Waals surface area contributed by atoms with Gasteiger partial charge in [0, 0.05) is 27.2 Å². The second-order valence-electron chi connectivity index (χ2n) is 6.30. The minimum Gasteiger partial charge on any atom is -0.493 e. The summed E-state index contributed by atoms with van der Waals surface area (Å²) in [6.45, 7) is 6.52. The summed E-state index contributed by atoms with van der Waals surface area (Å²) in [6, 6.07) is 11.6. The van der Waals surface area contributed by atoms with Crippen LogP contribution in [0.1, 0.15) is 31.4 Å². The van der Waals surface area contributed by atoms with Crippen molar-refractivity contribution in [2.75, 3.05) is 13.7 Å². The first-order valence-corrected chi connectivity index (χ1v) is 9.62. The van der Waals surface area contributed by atoms with Crippen LogP contribution in [0.2, 0.25) is 5.02 Å². The first-order valence-electron chi connectivity index (χ1n) is 8.45. The summed E-state index contributed by atoms with van der Waals surface area (Å²) >= 11 is 9.86. The van der Waals surface area contributed by atoms with Crippen molar-refractivity contribution in [1.29, 1.82) is 0 Å². The molecule has 0 saturated carbocycles. The molecule has 0 radical (unpaired) electrons. The van der Waals surface area contributed by atoms with E-state index in [1.807, 2.05) is 36.4 Å². The van der Waals surface area contributed by atoms with Gasteiger partial charge in [0.1, 0.15) is 6.61 Å². The Bertz CT molecular complexity index is 691. The molecule has 5 heteroatoms. The van der Waals surface area contributed by atoms with Crippen LogP contribution in [0.25, 0.3) is 0 Å². The van der Waals surface area contributed by atoms with Gasteiger partial charge >= 0.3 is 0 Å². The molecule has 0 aliphatic carbocycles. The molecule has 2 aromatic rings. The molecule has 0 saturated heterocycles.